The van der Waals surface area contributed by atoms with E-state index in [9.17, 15) is 0 Å². The molecule has 0 spiro atoms. The first-order valence-corrected chi connectivity index (χ1v) is 14.1. The SMILES string of the molecule is C(#Cc1ccc(-c2c3ccccc3c(-c3ccc(C#Cc4ccccc4)cc3)c3ccccc23)cc1)c1ccccc1. The molecule has 0 radical (unpaired) electrons. The second kappa shape index (κ2) is 11.3. The molecule has 7 aromatic carbocycles. The summed E-state index contributed by atoms with van der Waals surface area (Å²) in [6, 6.07) is 55.0. The molecular formula is C42H26. The Bertz CT molecular complexity index is 1930. The molecule has 0 bridgehead atoms. The maximum atomic E-state index is 3.31. The van der Waals surface area contributed by atoms with Gasteiger partial charge in [-0.25, -0.2) is 0 Å². The van der Waals surface area contributed by atoms with Crippen LogP contribution >= 0.6 is 0 Å². The smallest absolute Gasteiger partial charge is 0.0249 e. The Kier molecular flexibility index (Phi) is 6.80. The van der Waals surface area contributed by atoms with Crippen molar-refractivity contribution >= 4 is 21.5 Å². The molecule has 7 aromatic rings. The number of hydrogen-bond donors (Lipinski definition) is 0. The first-order chi connectivity index (χ1) is 20.8. The highest BCUT2D eigenvalue weighted by Gasteiger charge is 2.16. The van der Waals surface area contributed by atoms with E-state index in [2.05, 4.69) is 121 Å². The average Bonchev–Trinajstić information content (AvgIpc) is 3.07. The van der Waals surface area contributed by atoms with Crippen LogP contribution in [0.25, 0.3) is 43.8 Å². The van der Waals surface area contributed by atoms with E-state index in [-0.39, 0.29) is 0 Å². The molecule has 0 fully saturated rings. The zero-order valence-corrected chi connectivity index (χ0v) is 23.0. The minimum Gasteiger partial charge on any atom is -0.0622 e. The molecule has 0 aliphatic heterocycles. The quantitative estimate of drug-likeness (QED) is 0.154. The molecule has 0 amide bonds. The van der Waals surface area contributed by atoms with Gasteiger partial charge >= 0.3 is 0 Å². The molecule has 0 aliphatic rings. The third-order valence-corrected chi connectivity index (χ3v) is 7.53. The Morgan fingerprint density at radius 3 is 0.810 bits per heavy atom. The van der Waals surface area contributed by atoms with E-state index in [0.717, 1.165) is 22.3 Å². The van der Waals surface area contributed by atoms with Gasteiger partial charge in [-0.3, -0.25) is 0 Å². The van der Waals surface area contributed by atoms with Gasteiger partial charge in [0.15, 0.2) is 0 Å². The second-order valence-electron chi connectivity index (χ2n) is 10.2. The van der Waals surface area contributed by atoms with Crippen molar-refractivity contribution in [3.63, 3.8) is 0 Å². The zero-order valence-electron chi connectivity index (χ0n) is 23.0. The van der Waals surface area contributed by atoms with Gasteiger partial charge in [-0.15, -0.1) is 0 Å². The third kappa shape index (κ3) is 5.07. The van der Waals surface area contributed by atoms with Gasteiger partial charge in [-0.2, -0.15) is 0 Å². The predicted octanol–water partition coefficient (Wildman–Crippen LogP) is 10.1. The van der Waals surface area contributed by atoms with Crippen LogP contribution in [0.3, 0.4) is 0 Å². The van der Waals surface area contributed by atoms with E-state index in [4.69, 9.17) is 0 Å². The van der Waals surface area contributed by atoms with Gasteiger partial charge in [-0.1, -0.05) is 133 Å². The number of fused-ring (bicyclic) bond motifs is 2. The molecule has 0 unspecified atom stereocenters. The predicted molar refractivity (Wildman–Crippen MR) is 177 cm³/mol. The first kappa shape index (κ1) is 25.2. The molecule has 0 saturated carbocycles. The summed E-state index contributed by atoms with van der Waals surface area (Å²) in [4.78, 5) is 0. The lowest BCUT2D eigenvalue weighted by atomic mass is 9.86. The largest absolute Gasteiger partial charge is 0.0622 e. The topological polar surface area (TPSA) is 0 Å². The highest BCUT2D eigenvalue weighted by molar-refractivity contribution is 6.21. The van der Waals surface area contributed by atoms with Crippen molar-refractivity contribution in [3.8, 4) is 45.9 Å². The first-order valence-electron chi connectivity index (χ1n) is 14.1. The maximum absolute atomic E-state index is 3.31. The fourth-order valence-corrected chi connectivity index (χ4v) is 5.52. The van der Waals surface area contributed by atoms with Crippen molar-refractivity contribution in [2.45, 2.75) is 0 Å². The lowest BCUT2D eigenvalue weighted by molar-refractivity contribution is 1.60. The summed E-state index contributed by atoms with van der Waals surface area (Å²) in [5, 5.41) is 4.95. The van der Waals surface area contributed by atoms with Crippen molar-refractivity contribution in [1.29, 1.82) is 0 Å². The Balaban J connectivity index is 1.32. The molecule has 0 nitrogen and oxygen atoms in total. The Hall–Kier alpha value is -5.82. The van der Waals surface area contributed by atoms with Crippen molar-refractivity contribution in [2.75, 3.05) is 0 Å². The van der Waals surface area contributed by atoms with Gasteiger partial charge in [0.2, 0.25) is 0 Å². The Labute approximate surface area is 246 Å². The average molecular weight is 531 g/mol. The molecule has 0 heteroatoms. The molecule has 0 atom stereocenters. The molecule has 0 aromatic heterocycles. The van der Waals surface area contributed by atoms with Gasteiger partial charge in [0, 0.05) is 22.3 Å². The highest BCUT2D eigenvalue weighted by Crippen LogP contribution is 2.43. The molecule has 0 N–H and O–H groups in total. The lowest BCUT2D eigenvalue weighted by Gasteiger charge is -2.17. The second-order valence-corrected chi connectivity index (χ2v) is 10.2. The summed E-state index contributed by atoms with van der Waals surface area (Å²) in [7, 11) is 0. The van der Waals surface area contributed by atoms with E-state index in [1.165, 1.54) is 43.8 Å². The monoisotopic (exact) mass is 530 g/mol. The van der Waals surface area contributed by atoms with Gasteiger partial charge in [-0.05, 0) is 92.3 Å². The van der Waals surface area contributed by atoms with Crippen LogP contribution in [-0.4, -0.2) is 0 Å². The van der Waals surface area contributed by atoms with Crippen LogP contribution in [0.5, 0.6) is 0 Å². The fraction of sp³-hybridized carbons (Fsp3) is 0. The van der Waals surface area contributed by atoms with Crippen LogP contribution in [0.15, 0.2) is 158 Å². The van der Waals surface area contributed by atoms with Gasteiger partial charge in [0.05, 0.1) is 0 Å². The van der Waals surface area contributed by atoms with Crippen molar-refractivity contribution in [1.82, 2.24) is 0 Å². The number of hydrogen-bond acceptors (Lipinski definition) is 0. The van der Waals surface area contributed by atoms with Gasteiger partial charge < -0.3 is 0 Å². The van der Waals surface area contributed by atoms with Gasteiger partial charge in [0.1, 0.15) is 0 Å². The minimum absolute atomic E-state index is 1.00. The van der Waals surface area contributed by atoms with E-state index in [1.807, 2.05) is 60.7 Å². The van der Waals surface area contributed by atoms with Crippen molar-refractivity contribution in [2.24, 2.45) is 0 Å². The molecule has 0 saturated heterocycles. The van der Waals surface area contributed by atoms with Crippen molar-refractivity contribution < 1.29 is 0 Å². The lowest BCUT2D eigenvalue weighted by Crippen LogP contribution is -1.91. The van der Waals surface area contributed by atoms with E-state index in [0.29, 0.717) is 0 Å². The van der Waals surface area contributed by atoms with Gasteiger partial charge in [0.25, 0.3) is 0 Å². The maximum Gasteiger partial charge on any atom is 0.0249 e. The summed E-state index contributed by atoms with van der Waals surface area (Å²) in [6.07, 6.45) is 0. The molecular weight excluding hydrogens is 504 g/mol. The molecule has 42 heavy (non-hydrogen) atoms. The van der Waals surface area contributed by atoms with E-state index < -0.39 is 0 Å². The fourth-order valence-electron chi connectivity index (χ4n) is 5.52. The standard InChI is InChI=1S/C42H26/c1-3-11-31(12-4-1)19-21-33-23-27-35(28-24-33)41-37-15-7-9-17-39(37)42(40-18-10-8-16-38(40)41)36-29-25-34(26-30-36)22-20-32-13-5-2-6-14-32/h1-18,23-30H. The summed E-state index contributed by atoms with van der Waals surface area (Å²) in [5.74, 6) is 13.1. The molecule has 0 aliphatic carbocycles. The molecule has 7 rings (SSSR count). The van der Waals surface area contributed by atoms with E-state index in [1.54, 1.807) is 0 Å². The number of benzene rings is 7. The van der Waals surface area contributed by atoms with Crippen LogP contribution in [0, 0.1) is 23.7 Å². The highest BCUT2D eigenvalue weighted by atomic mass is 14.2. The molecule has 194 valence electrons. The third-order valence-electron chi connectivity index (χ3n) is 7.53. The van der Waals surface area contributed by atoms with Crippen LogP contribution in [-0.2, 0) is 0 Å². The van der Waals surface area contributed by atoms with Crippen molar-refractivity contribution in [3.05, 3.63) is 180 Å². The normalized spacial score (nSPS) is 10.5. The Morgan fingerprint density at radius 2 is 0.500 bits per heavy atom. The summed E-state index contributed by atoms with van der Waals surface area (Å²) in [6.45, 7) is 0. The van der Waals surface area contributed by atoms with Crippen LogP contribution in [0.1, 0.15) is 22.3 Å². The summed E-state index contributed by atoms with van der Waals surface area (Å²) in [5.41, 5.74) is 8.91. The number of rotatable bonds is 2. The van der Waals surface area contributed by atoms with Crippen LogP contribution < -0.4 is 0 Å². The molecule has 0 heterocycles. The zero-order chi connectivity index (χ0) is 28.1. The van der Waals surface area contributed by atoms with E-state index >= 15 is 0 Å². The van der Waals surface area contributed by atoms with Crippen LogP contribution in [0.2, 0.25) is 0 Å². The minimum atomic E-state index is 1.00. The summed E-state index contributed by atoms with van der Waals surface area (Å²) < 4.78 is 0. The summed E-state index contributed by atoms with van der Waals surface area (Å²) >= 11 is 0. The van der Waals surface area contributed by atoms with Crippen LogP contribution in [0.4, 0.5) is 0 Å². The Morgan fingerprint density at radius 1 is 0.238 bits per heavy atom.